The van der Waals surface area contributed by atoms with Crippen molar-refractivity contribution >= 4 is 16.8 Å². The number of ether oxygens (including phenoxy) is 1. The Bertz CT molecular complexity index is 578. The van der Waals surface area contributed by atoms with Gasteiger partial charge in [-0.05, 0) is 24.3 Å². The number of ketones is 1. The molecule has 0 aliphatic heterocycles. The summed E-state index contributed by atoms with van der Waals surface area (Å²) in [5, 5.41) is 0.841. The zero-order valence-electron chi connectivity index (χ0n) is 10.8. The minimum absolute atomic E-state index is 0.0139. The molecule has 96 valence electrons. The zero-order chi connectivity index (χ0) is 13.3. The van der Waals surface area contributed by atoms with Crippen LogP contribution in [0.15, 0.2) is 28.7 Å². The summed E-state index contributed by atoms with van der Waals surface area (Å²) in [6, 6.07) is 7.10. The SMILES string of the molecule is CC(C)(C)C(=O)c1cc2cc(OCN)ccc2o1. The Labute approximate surface area is 106 Å². The van der Waals surface area contributed by atoms with E-state index in [0.29, 0.717) is 17.1 Å². The fourth-order valence-corrected chi connectivity index (χ4v) is 1.69. The van der Waals surface area contributed by atoms with E-state index in [4.69, 9.17) is 14.9 Å². The molecular formula is C14H17NO3. The topological polar surface area (TPSA) is 65.5 Å². The van der Waals surface area contributed by atoms with Gasteiger partial charge in [0.2, 0.25) is 5.78 Å². The van der Waals surface area contributed by atoms with Gasteiger partial charge in [0.25, 0.3) is 0 Å². The lowest BCUT2D eigenvalue weighted by Gasteiger charge is -2.13. The Hall–Kier alpha value is -1.81. The molecule has 4 nitrogen and oxygen atoms in total. The van der Waals surface area contributed by atoms with Gasteiger partial charge in [-0.25, -0.2) is 0 Å². The van der Waals surface area contributed by atoms with E-state index in [2.05, 4.69) is 0 Å². The summed E-state index contributed by atoms with van der Waals surface area (Å²) in [7, 11) is 0. The van der Waals surface area contributed by atoms with E-state index in [1.165, 1.54) is 0 Å². The molecule has 0 radical (unpaired) electrons. The first-order valence-electron chi connectivity index (χ1n) is 5.83. The molecule has 0 saturated carbocycles. The Morgan fingerprint density at radius 1 is 1.33 bits per heavy atom. The largest absolute Gasteiger partial charge is 0.479 e. The van der Waals surface area contributed by atoms with E-state index < -0.39 is 5.41 Å². The molecule has 4 heteroatoms. The average Bonchev–Trinajstić information content (AvgIpc) is 2.70. The minimum atomic E-state index is -0.454. The average molecular weight is 247 g/mol. The second kappa shape index (κ2) is 4.46. The summed E-state index contributed by atoms with van der Waals surface area (Å²) < 4.78 is 10.8. The summed E-state index contributed by atoms with van der Waals surface area (Å²) in [4.78, 5) is 12.1. The quantitative estimate of drug-likeness (QED) is 0.669. The lowest BCUT2D eigenvalue weighted by Crippen LogP contribution is -2.19. The van der Waals surface area contributed by atoms with Crippen LogP contribution in [0.4, 0.5) is 0 Å². The maximum atomic E-state index is 12.1. The molecule has 0 aliphatic rings. The molecule has 0 fully saturated rings. The van der Waals surface area contributed by atoms with Gasteiger partial charge in [0.15, 0.2) is 5.76 Å². The zero-order valence-corrected chi connectivity index (χ0v) is 10.8. The molecule has 0 aliphatic carbocycles. The number of fused-ring (bicyclic) bond motifs is 1. The van der Waals surface area contributed by atoms with Crippen molar-refractivity contribution in [2.24, 2.45) is 11.1 Å². The van der Waals surface area contributed by atoms with Gasteiger partial charge in [-0.1, -0.05) is 20.8 Å². The molecule has 18 heavy (non-hydrogen) atoms. The van der Waals surface area contributed by atoms with Crippen LogP contribution in [0.2, 0.25) is 0 Å². The number of hydrogen-bond acceptors (Lipinski definition) is 4. The van der Waals surface area contributed by atoms with Gasteiger partial charge in [-0.3, -0.25) is 10.5 Å². The number of rotatable bonds is 3. The third-order valence-electron chi connectivity index (χ3n) is 2.64. The highest BCUT2D eigenvalue weighted by Crippen LogP contribution is 2.28. The van der Waals surface area contributed by atoms with Crippen LogP contribution in [-0.2, 0) is 0 Å². The molecule has 1 aromatic heterocycles. The summed E-state index contributed by atoms with van der Waals surface area (Å²) in [6.07, 6.45) is 0. The Balaban J connectivity index is 2.41. The number of carbonyl (C=O) groups excluding carboxylic acids is 1. The molecular weight excluding hydrogens is 230 g/mol. The van der Waals surface area contributed by atoms with Gasteiger partial charge < -0.3 is 9.15 Å². The van der Waals surface area contributed by atoms with E-state index in [0.717, 1.165) is 5.39 Å². The molecule has 0 saturated heterocycles. The van der Waals surface area contributed by atoms with E-state index in [1.54, 1.807) is 18.2 Å². The van der Waals surface area contributed by atoms with Gasteiger partial charge in [-0.15, -0.1) is 0 Å². The van der Waals surface area contributed by atoms with Gasteiger partial charge in [0, 0.05) is 10.8 Å². The first-order chi connectivity index (χ1) is 8.41. The van der Waals surface area contributed by atoms with Gasteiger partial charge in [0.05, 0.1) is 0 Å². The van der Waals surface area contributed by atoms with Crippen molar-refractivity contribution in [2.75, 3.05) is 6.73 Å². The van der Waals surface area contributed by atoms with Crippen LogP contribution >= 0.6 is 0 Å². The molecule has 0 unspecified atom stereocenters. The van der Waals surface area contributed by atoms with Crippen LogP contribution in [0, 0.1) is 5.41 Å². The molecule has 2 rings (SSSR count). The number of furan rings is 1. The predicted octanol–water partition coefficient (Wildman–Crippen LogP) is 2.96. The fourth-order valence-electron chi connectivity index (χ4n) is 1.69. The van der Waals surface area contributed by atoms with Crippen LogP contribution in [-0.4, -0.2) is 12.5 Å². The minimum Gasteiger partial charge on any atom is -0.479 e. The first kappa shape index (κ1) is 12.6. The maximum Gasteiger partial charge on any atom is 0.203 e. The summed E-state index contributed by atoms with van der Waals surface area (Å²) in [5.41, 5.74) is 5.53. The highest BCUT2D eigenvalue weighted by molar-refractivity contribution is 6.00. The van der Waals surface area contributed by atoms with Crippen molar-refractivity contribution in [1.82, 2.24) is 0 Å². The van der Waals surface area contributed by atoms with Crippen molar-refractivity contribution in [3.05, 3.63) is 30.0 Å². The van der Waals surface area contributed by atoms with Crippen molar-refractivity contribution in [1.29, 1.82) is 0 Å². The summed E-state index contributed by atoms with van der Waals surface area (Å²) >= 11 is 0. The molecule has 0 atom stereocenters. The van der Waals surface area contributed by atoms with Crippen LogP contribution < -0.4 is 10.5 Å². The second-order valence-electron chi connectivity index (χ2n) is 5.20. The normalized spacial score (nSPS) is 11.8. The molecule has 0 amide bonds. The molecule has 2 aromatic rings. The van der Waals surface area contributed by atoms with Crippen molar-refractivity contribution < 1.29 is 13.9 Å². The third kappa shape index (κ3) is 2.38. The third-order valence-corrected chi connectivity index (χ3v) is 2.64. The lowest BCUT2D eigenvalue weighted by molar-refractivity contribution is 0.0831. The number of carbonyl (C=O) groups is 1. The molecule has 0 spiro atoms. The molecule has 0 bridgehead atoms. The highest BCUT2D eigenvalue weighted by atomic mass is 16.5. The van der Waals surface area contributed by atoms with Crippen LogP contribution in [0.5, 0.6) is 5.75 Å². The van der Waals surface area contributed by atoms with Crippen LogP contribution in [0.1, 0.15) is 31.3 Å². The number of benzene rings is 1. The smallest absolute Gasteiger partial charge is 0.203 e. The number of Topliss-reactive ketones (excluding diaryl/α,β-unsaturated/α-hetero) is 1. The Kier molecular flexibility index (Phi) is 3.13. The molecule has 1 heterocycles. The van der Waals surface area contributed by atoms with Crippen molar-refractivity contribution in [2.45, 2.75) is 20.8 Å². The number of hydrogen-bond donors (Lipinski definition) is 1. The highest BCUT2D eigenvalue weighted by Gasteiger charge is 2.26. The van der Waals surface area contributed by atoms with Crippen molar-refractivity contribution in [3.8, 4) is 5.75 Å². The van der Waals surface area contributed by atoms with Crippen molar-refractivity contribution in [3.63, 3.8) is 0 Å². The van der Waals surface area contributed by atoms with E-state index in [1.807, 2.05) is 26.8 Å². The Morgan fingerprint density at radius 2 is 2.06 bits per heavy atom. The van der Waals surface area contributed by atoms with E-state index >= 15 is 0 Å². The molecule has 1 aromatic carbocycles. The number of nitrogens with two attached hydrogens (primary N) is 1. The fraction of sp³-hybridized carbons (Fsp3) is 0.357. The lowest BCUT2D eigenvalue weighted by atomic mass is 9.89. The maximum absolute atomic E-state index is 12.1. The molecule has 2 N–H and O–H groups in total. The summed E-state index contributed by atoms with van der Waals surface area (Å²) in [6.45, 7) is 5.72. The standard InChI is InChI=1S/C14H17NO3/c1-14(2,3)13(16)12-7-9-6-10(17-8-15)4-5-11(9)18-12/h4-7H,8,15H2,1-3H3. The van der Waals surface area contributed by atoms with Gasteiger partial charge >= 0.3 is 0 Å². The van der Waals surface area contributed by atoms with Gasteiger partial charge in [0.1, 0.15) is 18.1 Å². The van der Waals surface area contributed by atoms with Crippen LogP contribution in [0.3, 0.4) is 0 Å². The first-order valence-corrected chi connectivity index (χ1v) is 5.83. The van der Waals surface area contributed by atoms with E-state index in [-0.39, 0.29) is 12.5 Å². The van der Waals surface area contributed by atoms with Crippen LogP contribution in [0.25, 0.3) is 11.0 Å². The monoisotopic (exact) mass is 247 g/mol. The van der Waals surface area contributed by atoms with Gasteiger partial charge in [-0.2, -0.15) is 0 Å². The van der Waals surface area contributed by atoms with E-state index in [9.17, 15) is 4.79 Å². The second-order valence-corrected chi connectivity index (χ2v) is 5.20. The summed E-state index contributed by atoms with van der Waals surface area (Å²) in [5.74, 6) is 1.03. The predicted molar refractivity (Wildman–Crippen MR) is 69.7 cm³/mol. The Morgan fingerprint density at radius 3 is 2.67 bits per heavy atom.